The van der Waals surface area contributed by atoms with Crippen LogP contribution in [-0.4, -0.2) is 21.0 Å². The second-order valence-corrected chi connectivity index (χ2v) is 8.61. The lowest BCUT2D eigenvalue weighted by Crippen LogP contribution is -2.22. The van der Waals surface area contributed by atoms with E-state index >= 15 is 0 Å². The van der Waals surface area contributed by atoms with Gasteiger partial charge in [-0.25, -0.2) is 4.98 Å². The highest BCUT2D eigenvalue weighted by atomic mass is 16.1. The largest absolute Gasteiger partial charge is 0.340 e. The van der Waals surface area contributed by atoms with Crippen LogP contribution in [0.5, 0.6) is 0 Å². The number of hydrogen-bond donors (Lipinski definition) is 1. The van der Waals surface area contributed by atoms with E-state index < -0.39 is 0 Å². The third kappa shape index (κ3) is 2.85. The zero-order valence-electron chi connectivity index (χ0n) is 19.2. The Balaban J connectivity index is 1.64. The summed E-state index contributed by atoms with van der Waals surface area (Å²) in [6.07, 6.45) is 0.663. The molecule has 0 radical (unpaired) electrons. The summed E-state index contributed by atoms with van der Waals surface area (Å²) in [7, 11) is 0. The van der Waals surface area contributed by atoms with Crippen molar-refractivity contribution in [2.75, 3.05) is 5.32 Å². The molecule has 0 saturated carbocycles. The van der Waals surface area contributed by atoms with Gasteiger partial charge in [-0.3, -0.25) is 14.0 Å². The Morgan fingerprint density at radius 1 is 0.914 bits per heavy atom. The molecule has 0 atom stereocenters. The number of imidazole rings is 1. The van der Waals surface area contributed by atoms with Gasteiger partial charge in [0.25, 0.3) is 0 Å². The van der Waals surface area contributed by atoms with Crippen molar-refractivity contribution in [3.05, 3.63) is 106 Å². The summed E-state index contributed by atoms with van der Waals surface area (Å²) in [6, 6.07) is 22.3. The molecule has 5 aromatic rings. The van der Waals surface area contributed by atoms with E-state index in [0.29, 0.717) is 45.6 Å². The lowest BCUT2D eigenvalue weighted by molar-refractivity contribution is 0.0979. The minimum Gasteiger partial charge on any atom is -0.340 e. The van der Waals surface area contributed by atoms with Crippen LogP contribution in [0.25, 0.3) is 16.7 Å². The number of pyridine rings is 1. The number of anilines is 2. The first-order valence-corrected chi connectivity index (χ1v) is 11.5. The first kappa shape index (κ1) is 20.8. The van der Waals surface area contributed by atoms with E-state index in [0.717, 1.165) is 28.0 Å². The van der Waals surface area contributed by atoms with Crippen LogP contribution in [0, 0.1) is 18.3 Å². The van der Waals surface area contributed by atoms with Gasteiger partial charge in [-0.15, -0.1) is 0 Å². The lowest BCUT2D eigenvalue weighted by Gasteiger charge is -2.23. The molecule has 168 valence electrons. The van der Waals surface area contributed by atoms with Crippen molar-refractivity contribution in [1.82, 2.24) is 9.38 Å². The summed E-state index contributed by atoms with van der Waals surface area (Å²) < 4.78 is 1.95. The maximum atomic E-state index is 13.6. The fraction of sp³-hybridized carbons (Fsp3) is 0.103. The zero-order valence-corrected chi connectivity index (χ0v) is 19.2. The lowest BCUT2D eigenvalue weighted by atomic mass is 9.83. The van der Waals surface area contributed by atoms with E-state index in [2.05, 4.69) is 11.4 Å². The van der Waals surface area contributed by atoms with Crippen molar-refractivity contribution >= 4 is 39.8 Å². The highest BCUT2D eigenvalue weighted by Gasteiger charge is 2.32. The minimum absolute atomic E-state index is 0.163. The van der Waals surface area contributed by atoms with Crippen LogP contribution in [0.1, 0.15) is 55.5 Å². The van der Waals surface area contributed by atoms with Gasteiger partial charge < -0.3 is 5.32 Å². The van der Waals surface area contributed by atoms with Crippen LogP contribution in [0.2, 0.25) is 0 Å². The van der Waals surface area contributed by atoms with Crippen LogP contribution in [-0.2, 0) is 6.42 Å². The molecule has 6 rings (SSSR count). The smallest absolute Gasteiger partial charge is 0.196 e. The molecule has 0 fully saturated rings. The fourth-order valence-electron chi connectivity index (χ4n) is 5.13. The molecule has 2 heterocycles. The molecule has 1 N–H and O–H groups in total. The van der Waals surface area contributed by atoms with Gasteiger partial charge in [-0.05, 0) is 42.7 Å². The first-order valence-electron chi connectivity index (χ1n) is 11.5. The Kier molecular flexibility index (Phi) is 4.55. The normalized spacial score (nSPS) is 12.5. The van der Waals surface area contributed by atoms with Crippen molar-refractivity contribution in [2.24, 2.45) is 0 Å². The molecule has 1 aliphatic rings. The van der Waals surface area contributed by atoms with Gasteiger partial charge in [-0.2, -0.15) is 5.26 Å². The topological polar surface area (TPSA) is 87.3 Å². The minimum atomic E-state index is -0.187. The number of nitrogens with one attached hydrogen (secondary N) is 1. The zero-order chi connectivity index (χ0) is 24.3. The molecule has 6 nitrogen and oxygen atoms in total. The number of rotatable bonds is 3. The molecule has 3 aromatic carbocycles. The molecule has 0 spiro atoms. The molecule has 0 saturated heterocycles. The fourth-order valence-corrected chi connectivity index (χ4v) is 5.13. The number of ketones is 2. The van der Waals surface area contributed by atoms with Gasteiger partial charge in [-0.1, -0.05) is 55.5 Å². The van der Waals surface area contributed by atoms with Crippen molar-refractivity contribution in [3.63, 3.8) is 0 Å². The van der Waals surface area contributed by atoms with Crippen molar-refractivity contribution in [2.45, 2.75) is 20.3 Å². The summed E-state index contributed by atoms with van der Waals surface area (Å²) >= 11 is 0. The number of para-hydroxylation sites is 2. The standard InChI is InChI=1S/C29H20N4O2/c1-3-17-16(2)21(15-30)29-31-22-12-6-7-14-24(22)33(29)28(17)32-23-13-8-11-20-25(23)27(35)19-10-5-4-9-18(19)26(20)34/h4-14,32H,3H2,1-2H3. The van der Waals surface area contributed by atoms with Crippen molar-refractivity contribution < 1.29 is 9.59 Å². The van der Waals surface area contributed by atoms with E-state index in [1.54, 1.807) is 36.4 Å². The molecule has 1 aliphatic carbocycles. The number of aromatic nitrogens is 2. The SMILES string of the molecule is CCc1c(C)c(C#N)c2nc3ccccc3n2c1Nc1cccc2c1C(=O)c1ccccc1C2=O. The average molecular weight is 457 g/mol. The summed E-state index contributed by atoms with van der Waals surface area (Å²) in [5, 5.41) is 13.4. The van der Waals surface area contributed by atoms with Gasteiger partial charge >= 0.3 is 0 Å². The van der Waals surface area contributed by atoms with Gasteiger partial charge in [0.1, 0.15) is 11.9 Å². The number of carbonyl (C=O) groups excluding carboxylic acids is 2. The van der Waals surface area contributed by atoms with Crippen LogP contribution in [0.3, 0.4) is 0 Å². The summed E-state index contributed by atoms with van der Waals surface area (Å²) in [5.41, 5.74) is 6.63. The Morgan fingerprint density at radius 2 is 1.60 bits per heavy atom. The second kappa shape index (κ2) is 7.64. The van der Waals surface area contributed by atoms with Crippen LogP contribution >= 0.6 is 0 Å². The number of carbonyl (C=O) groups is 2. The number of nitrogens with zero attached hydrogens (tertiary/aromatic N) is 3. The molecular formula is C29H20N4O2. The Labute approximate surface area is 201 Å². The maximum absolute atomic E-state index is 13.6. The second-order valence-electron chi connectivity index (χ2n) is 8.61. The molecule has 0 bridgehead atoms. The van der Waals surface area contributed by atoms with E-state index in [-0.39, 0.29) is 11.6 Å². The molecule has 2 aromatic heterocycles. The molecule has 0 unspecified atom stereocenters. The van der Waals surface area contributed by atoms with Crippen LogP contribution in [0.15, 0.2) is 66.7 Å². The van der Waals surface area contributed by atoms with Gasteiger partial charge in [0.15, 0.2) is 17.2 Å². The molecular weight excluding hydrogens is 436 g/mol. The monoisotopic (exact) mass is 456 g/mol. The highest BCUT2D eigenvalue weighted by molar-refractivity contribution is 6.30. The molecule has 0 amide bonds. The van der Waals surface area contributed by atoms with Crippen LogP contribution in [0.4, 0.5) is 11.5 Å². The number of hydrogen-bond acceptors (Lipinski definition) is 5. The number of fused-ring (bicyclic) bond motifs is 5. The Morgan fingerprint density at radius 3 is 2.34 bits per heavy atom. The average Bonchev–Trinajstić information content (AvgIpc) is 3.26. The quantitative estimate of drug-likeness (QED) is 0.366. The Hall–Kier alpha value is -4.76. The summed E-state index contributed by atoms with van der Waals surface area (Å²) in [4.78, 5) is 31.5. The first-order chi connectivity index (χ1) is 17.0. The summed E-state index contributed by atoms with van der Waals surface area (Å²) in [5.74, 6) is 0.387. The van der Waals surface area contributed by atoms with E-state index in [1.807, 2.05) is 48.6 Å². The third-order valence-corrected chi connectivity index (χ3v) is 6.79. The predicted molar refractivity (Wildman–Crippen MR) is 135 cm³/mol. The Bertz CT molecular complexity index is 1770. The van der Waals surface area contributed by atoms with Crippen LogP contribution < -0.4 is 5.32 Å². The molecule has 35 heavy (non-hydrogen) atoms. The number of benzene rings is 3. The number of nitriles is 1. The van der Waals surface area contributed by atoms with Gasteiger partial charge in [0.2, 0.25) is 0 Å². The van der Waals surface area contributed by atoms with Gasteiger partial charge in [0.05, 0.1) is 27.8 Å². The highest BCUT2D eigenvalue weighted by Crippen LogP contribution is 2.37. The molecule has 6 heteroatoms. The maximum Gasteiger partial charge on any atom is 0.196 e. The molecule has 0 aliphatic heterocycles. The van der Waals surface area contributed by atoms with Crippen molar-refractivity contribution in [3.8, 4) is 6.07 Å². The predicted octanol–water partition coefficient (Wildman–Crippen LogP) is 5.75. The van der Waals surface area contributed by atoms with Gasteiger partial charge in [0, 0.05) is 16.7 Å². The van der Waals surface area contributed by atoms with Crippen molar-refractivity contribution in [1.29, 1.82) is 5.26 Å². The van der Waals surface area contributed by atoms with E-state index in [1.165, 1.54) is 0 Å². The van der Waals surface area contributed by atoms with E-state index in [4.69, 9.17) is 4.98 Å². The third-order valence-electron chi connectivity index (χ3n) is 6.79. The summed E-state index contributed by atoms with van der Waals surface area (Å²) in [6.45, 7) is 3.96. The van der Waals surface area contributed by atoms with E-state index in [9.17, 15) is 14.9 Å².